The summed E-state index contributed by atoms with van der Waals surface area (Å²) in [5, 5.41) is 3.46. The van der Waals surface area contributed by atoms with Crippen molar-refractivity contribution in [1.29, 1.82) is 0 Å². The van der Waals surface area contributed by atoms with Crippen molar-refractivity contribution in [3.05, 3.63) is 28.8 Å². The summed E-state index contributed by atoms with van der Waals surface area (Å²) < 4.78 is 5.47. The Labute approximate surface area is 85.3 Å². The zero-order chi connectivity index (χ0) is 10.1. The SMILES string of the molecule is COC1CCNc2c1ccc(C)c2C. The molecule has 2 nitrogen and oxygen atoms in total. The summed E-state index contributed by atoms with van der Waals surface area (Å²) in [6.45, 7) is 5.32. The first-order valence-corrected chi connectivity index (χ1v) is 5.11. The molecule has 76 valence electrons. The third kappa shape index (κ3) is 1.40. The van der Waals surface area contributed by atoms with Gasteiger partial charge in [-0.25, -0.2) is 0 Å². The third-order valence-electron chi connectivity index (χ3n) is 3.11. The van der Waals surface area contributed by atoms with Gasteiger partial charge in [-0.1, -0.05) is 12.1 Å². The van der Waals surface area contributed by atoms with E-state index in [0.717, 1.165) is 13.0 Å². The Morgan fingerprint density at radius 2 is 2.14 bits per heavy atom. The van der Waals surface area contributed by atoms with Crippen LogP contribution in [0.1, 0.15) is 29.2 Å². The summed E-state index contributed by atoms with van der Waals surface area (Å²) in [7, 11) is 1.79. The van der Waals surface area contributed by atoms with Gasteiger partial charge >= 0.3 is 0 Å². The predicted molar refractivity (Wildman–Crippen MR) is 58.8 cm³/mol. The van der Waals surface area contributed by atoms with Crippen molar-refractivity contribution in [2.75, 3.05) is 19.0 Å². The highest BCUT2D eigenvalue weighted by molar-refractivity contribution is 5.62. The quantitative estimate of drug-likeness (QED) is 0.737. The van der Waals surface area contributed by atoms with Gasteiger partial charge in [-0.05, 0) is 31.4 Å². The van der Waals surface area contributed by atoms with Crippen LogP contribution < -0.4 is 5.32 Å². The Bertz CT molecular complexity index is 346. The lowest BCUT2D eigenvalue weighted by Crippen LogP contribution is -2.19. The van der Waals surface area contributed by atoms with Crippen LogP contribution in [0.2, 0.25) is 0 Å². The van der Waals surface area contributed by atoms with Gasteiger partial charge in [-0.2, -0.15) is 0 Å². The van der Waals surface area contributed by atoms with E-state index in [1.165, 1.54) is 22.4 Å². The molecule has 0 aliphatic carbocycles. The topological polar surface area (TPSA) is 21.3 Å². The van der Waals surface area contributed by atoms with Gasteiger partial charge in [0.2, 0.25) is 0 Å². The molecule has 1 heterocycles. The molecule has 14 heavy (non-hydrogen) atoms. The fraction of sp³-hybridized carbons (Fsp3) is 0.500. The molecule has 0 fully saturated rings. The smallest absolute Gasteiger partial charge is 0.0857 e. The van der Waals surface area contributed by atoms with Crippen LogP contribution in [-0.4, -0.2) is 13.7 Å². The average Bonchev–Trinajstić information content (AvgIpc) is 2.23. The summed E-state index contributed by atoms with van der Waals surface area (Å²) in [4.78, 5) is 0. The average molecular weight is 191 g/mol. The molecule has 0 amide bonds. The maximum Gasteiger partial charge on any atom is 0.0857 e. The Kier molecular flexibility index (Phi) is 2.46. The molecule has 1 aliphatic heterocycles. The highest BCUT2D eigenvalue weighted by atomic mass is 16.5. The maximum atomic E-state index is 5.47. The van der Waals surface area contributed by atoms with E-state index < -0.39 is 0 Å². The van der Waals surface area contributed by atoms with Crippen molar-refractivity contribution >= 4 is 5.69 Å². The number of hydrogen-bond donors (Lipinski definition) is 1. The van der Waals surface area contributed by atoms with Gasteiger partial charge < -0.3 is 10.1 Å². The van der Waals surface area contributed by atoms with Gasteiger partial charge in [-0.15, -0.1) is 0 Å². The first-order valence-electron chi connectivity index (χ1n) is 5.11. The molecule has 0 saturated carbocycles. The molecule has 2 heteroatoms. The van der Waals surface area contributed by atoms with Crippen LogP contribution in [0.5, 0.6) is 0 Å². The Balaban J connectivity index is 2.50. The Morgan fingerprint density at radius 1 is 1.36 bits per heavy atom. The molecular weight excluding hydrogens is 174 g/mol. The van der Waals surface area contributed by atoms with Crippen molar-refractivity contribution in [2.45, 2.75) is 26.4 Å². The second kappa shape index (κ2) is 3.62. The number of methoxy groups -OCH3 is 1. The summed E-state index contributed by atoms with van der Waals surface area (Å²) >= 11 is 0. The maximum absolute atomic E-state index is 5.47. The third-order valence-corrected chi connectivity index (χ3v) is 3.11. The van der Waals surface area contributed by atoms with Gasteiger partial charge in [-0.3, -0.25) is 0 Å². The number of anilines is 1. The summed E-state index contributed by atoms with van der Waals surface area (Å²) in [5.41, 5.74) is 5.28. The van der Waals surface area contributed by atoms with Gasteiger partial charge in [0.15, 0.2) is 0 Å². The lowest BCUT2D eigenvalue weighted by atomic mass is 9.95. The number of fused-ring (bicyclic) bond motifs is 1. The van der Waals surface area contributed by atoms with E-state index in [2.05, 4.69) is 31.3 Å². The molecule has 1 aliphatic rings. The molecular formula is C12H17NO. The molecule has 2 rings (SSSR count). The van der Waals surface area contributed by atoms with Gasteiger partial charge in [0.25, 0.3) is 0 Å². The molecule has 0 spiro atoms. The number of aryl methyl sites for hydroxylation is 1. The number of nitrogens with one attached hydrogen (secondary N) is 1. The molecule has 1 atom stereocenters. The first-order chi connectivity index (χ1) is 6.74. The summed E-state index contributed by atoms with van der Waals surface area (Å²) in [6, 6.07) is 4.35. The molecule has 0 saturated heterocycles. The van der Waals surface area contributed by atoms with Crippen molar-refractivity contribution in [3.63, 3.8) is 0 Å². The second-order valence-corrected chi connectivity index (χ2v) is 3.91. The number of rotatable bonds is 1. The van der Waals surface area contributed by atoms with Crippen molar-refractivity contribution in [1.82, 2.24) is 0 Å². The van der Waals surface area contributed by atoms with E-state index in [9.17, 15) is 0 Å². The fourth-order valence-corrected chi connectivity index (χ4v) is 2.07. The molecule has 0 radical (unpaired) electrons. The van der Waals surface area contributed by atoms with E-state index in [4.69, 9.17) is 4.74 Å². The summed E-state index contributed by atoms with van der Waals surface area (Å²) in [5.74, 6) is 0. The van der Waals surface area contributed by atoms with E-state index in [1.54, 1.807) is 7.11 Å². The normalized spacial score (nSPS) is 20.1. The fourth-order valence-electron chi connectivity index (χ4n) is 2.07. The van der Waals surface area contributed by atoms with E-state index in [1.807, 2.05) is 0 Å². The Hall–Kier alpha value is -1.02. The minimum Gasteiger partial charge on any atom is -0.384 e. The van der Waals surface area contributed by atoms with Crippen LogP contribution in [0.15, 0.2) is 12.1 Å². The lowest BCUT2D eigenvalue weighted by molar-refractivity contribution is 0.0964. The van der Waals surface area contributed by atoms with Crippen LogP contribution >= 0.6 is 0 Å². The van der Waals surface area contributed by atoms with Gasteiger partial charge in [0, 0.05) is 24.9 Å². The number of benzene rings is 1. The molecule has 1 unspecified atom stereocenters. The molecule has 0 aromatic heterocycles. The summed E-state index contributed by atoms with van der Waals surface area (Å²) in [6.07, 6.45) is 1.33. The van der Waals surface area contributed by atoms with E-state index in [-0.39, 0.29) is 6.10 Å². The standard InChI is InChI=1S/C12H17NO/c1-8-4-5-10-11(14-3)6-7-13-12(10)9(8)2/h4-5,11,13H,6-7H2,1-3H3. The van der Waals surface area contributed by atoms with Crippen LogP contribution in [-0.2, 0) is 4.74 Å². The van der Waals surface area contributed by atoms with Crippen LogP contribution in [0.4, 0.5) is 5.69 Å². The van der Waals surface area contributed by atoms with Crippen LogP contribution in [0.25, 0.3) is 0 Å². The zero-order valence-corrected chi connectivity index (χ0v) is 9.05. The Morgan fingerprint density at radius 3 is 2.86 bits per heavy atom. The monoisotopic (exact) mass is 191 g/mol. The highest BCUT2D eigenvalue weighted by Crippen LogP contribution is 2.35. The minimum absolute atomic E-state index is 0.269. The van der Waals surface area contributed by atoms with Crippen LogP contribution in [0, 0.1) is 13.8 Å². The van der Waals surface area contributed by atoms with Crippen molar-refractivity contribution < 1.29 is 4.74 Å². The first kappa shape index (κ1) is 9.53. The van der Waals surface area contributed by atoms with E-state index >= 15 is 0 Å². The molecule has 1 aromatic carbocycles. The lowest BCUT2D eigenvalue weighted by Gasteiger charge is -2.27. The van der Waals surface area contributed by atoms with Crippen molar-refractivity contribution in [2.24, 2.45) is 0 Å². The number of ether oxygens (including phenoxy) is 1. The molecule has 1 aromatic rings. The number of hydrogen-bond acceptors (Lipinski definition) is 2. The largest absolute Gasteiger partial charge is 0.384 e. The van der Waals surface area contributed by atoms with Gasteiger partial charge in [0.05, 0.1) is 6.10 Å². The van der Waals surface area contributed by atoms with Crippen molar-refractivity contribution in [3.8, 4) is 0 Å². The van der Waals surface area contributed by atoms with Crippen LogP contribution in [0.3, 0.4) is 0 Å². The second-order valence-electron chi connectivity index (χ2n) is 3.91. The molecule has 1 N–H and O–H groups in total. The van der Waals surface area contributed by atoms with Gasteiger partial charge in [0.1, 0.15) is 0 Å². The molecule has 0 bridgehead atoms. The zero-order valence-electron chi connectivity index (χ0n) is 9.05. The highest BCUT2D eigenvalue weighted by Gasteiger charge is 2.20. The van der Waals surface area contributed by atoms with E-state index in [0.29, 0.717) is 0 Å². The predicted octanol–water partition coefficient (Wildman–Crippen LogP) is 2.81. The minimum atomic E-state index is 0.269.